The molecule has 0 aliphatic carbocycles. The van der Waals surface area contributed by atoms with Gasteiger partial charge in [-0.2, -0.15) is 0 Å². The summed E-state index contributed by atoms with van der Waals surface area (Å²) < 4.78 is 11.4. The minimum atomic E-state index is 0.0134. The molecule has 2 aliphatic rings. The summed E-state index contributed by atoms with van der Waals surface area (Å²) in [5, 5.41) is 10.0. The Morgan fingerprint density at radius 1 is 1.11 bits per heavy atom. The van der Waals surface area contributed by atoms with Crippen molar-refractivity contribution < 1.29 is 19.4 Å². The van der Waals surface area contributed by atoms with Crippen molar-refractivity contribution >= 4 is 11.6 Å². The van der Waals surface area contributed by atoms with Crippen LogP contribution in [0.15, 0.2) is 48.5 Å². The molecular weight excluding hydrogens is 356 g/mol. The van der Waals surface area contributed by atoms with Crippen LogP contribution in [0, 0.1) is 0 Å². The number of benzene rings is 2. The number of phenols is 1. The zero-order valence-electron chi connectivity index (χ0n) is 15.9. The maximum absolute atomic E-state index is 12.9. The van der Waals surface area contributed by atoms with Crippen LogP contribution in [-0.2, 0) is 4.74 Å². The lowest BCUT2D eigenvalue weighted by Gasteiger charge is -2.36. The van der Waals surface area contributed by atoms with Crippen LogP contribution in [0.1, 0.15) is 23.2 Å². The number of hydrogen-bond donors (Lipinski definition) is 1. The van der Waals surface area contributed by atoms with E-state index in [2.05, 4.69) is 4.90 Å². The van der Waals surface area contributed by atoms with E-state index in [-0.39, 0.29) is 17.8 Å². The number of ether oxygens (including phenoxy) is 2. The number of carbonyl (C=O) groups excluding carboxylic acids is 1. The van der Waals surface area contributed by atoms with Crippen molar-refractivity contribution in [3.63, 3.8) is 0 Å². The van der Waals surface area contributed by atoms with Gasteiger partial charge in [0.05, 0.1) is 11.8 Å². The van der Waals surface area contributed by atoms with Gasteiger partial charge in [0.2, 0.25) is 0 Å². The van der Waals surface area contributed by atoms with E-state index in [1.807, 2.05) is 47.4 Å². The fourth-order valence-electron chi connectivity index (χ4n) is 3.75. The number of phenolic OH excluding ortho intramolecular Hbond substituents is 1. The number of piperazine rings is 1. The molecule has 0 aromatic heterocycles. The maximum atomic E-state index is 12.9. The number of nitrogens with zero attached hydrogens (tertiary/aromatic N) is 2. The van der Waals surface area contributed by atoms with E-state index in [0.717, 1.165) is 25.1 Å². The molecule has 1 atom stereocenters. The quantitative estimate of drug-likeness (QED) is 0.862. The van der Waals surface area contributed by atoms with Gasteiger partial charge >= 0.3 is 0 Å². The second-order valence-electron chi connectivity index (χ2n) is 7.24. The van der Waals surface area contributed by atoms with Gasteiger partial charge in [0.15, 0.2) is 0 Å². The van der Waals surface area contributed by atoms with Gasteiger partial charge in [0.25, 0.3) is 5.91 Å². The van der Waals surface area contributed by atoms with Crippen molar-refractivity contribution in [2.75, 3.05) is 44.3 Å². The van der Waals surface area contributed by atoms with Gasteiger partial charge in [0, 0.05) is 38.3 Å². The highest BCUT2D eigenvalue weighted by Crippen LogP contribution is 2.27. The first kappa shape index (κ1) is 18.6. The molecule has 2 aromatic rings. The first-order chi connectivity index (χ1) is 13.7. The Bertz CT molecular complexity index is 812. The monoisotopic (exact) mass is 382 g/mol. The maximum Gasteiger partial charge on any atom is 0.254 e. The number of para-hydroxylation sites is 2. The second kappa shape index (κ2) is 8.52. The van der Waals surface area contributed by atoms with Gasteiger partial charge < -0.3 is 24.4 Å². The molecule has 148 valence electrons. The van der Waals surface area contributed by atoms with Crippen LogP contribution in [0.3, 0.4) is 0 Å². The van der Waals surface area contributed by atoms with Gasteiger partial charge in [0.1, 0.15) is 18.1 Å². The summed E-state index contributed by atoms with van der Waals surface area (Å²) in [7, 11) is 0. The third-order valence-corrected chi connectivity index (χ3v) is 5.33. The third-order valence-electron chi connectivity index (χ3n) is 5.33. The Morgan fingerprint density at radius 2 is 1.93 bits per heavy atom. The summed E-state index contributed by atoms with van der Waals surface area (Å²) in [5.74, 6) is 0.993. The van der Waals surface area contributed by atoms with E-state index in [9.17, 15) is 9.90 Å². The summed E-state index contributed by atoms with van der Waals surface area (Å²) >= 11 is 0. The molecule has 0 unspecified atom stereocenters. The highest BCUT2D eigenvalue weighted by Gasteiger charge is 2.24. The van der Waals surface area contributed by atoms with E-state index in [1.54, 1.807) is 6.07 Å². The third kappa shape index (κ3) is 4.22. The summed E-state index contributed by atoms with van der Waals surface area (Å²) in [6, 6.07) is 14.7. The highest BCUT2D eigenvalue weighted by atomic mass is 16.5. The molecule has 0 saturated carbocycles. The molecule has 4 rings (SSSR count). The SMILES string of the molecule is O=C(c1cccc(OC[C@@H]2CCCO2)c1)N1CCN(c2ccccc2O)CC1. The lowest BCUT2D eigenvalue weighted by Crippen LogP contribution is -2.48. The zero-order valence-corrected chi connectivity index (χ0v) is 15.9. The minimum Gasteiger partial charge on any atom is -0.506 e. The smallest absolute Gasteiger partial charge is 0.254 e. The van der Waals surface area contributed by atoms with E-state index >= 15 is 0 Å². The zero-order chi connectivity index (χ0) is 19.3. The normalized spacial score (nSPS) is 19.6. The first-order valence-corrected chi connectivity index (χ1v) is 9.87. The Labute approximate surface area is 165 Å². The van der Waals surface area contributed by atoms with Gasteiger partial charge in [-0.3, -0.25) is 4.79 Å². The summed E-state index contributed by atoms with van der Waals surface area (Å²) in [6.07, 6.45) is 2.26. The molecule has 2 aliphatic heterocycles. The summed E-state index contributed by atoms with van der Waals surface area (Å²) in [4.78, 5) is 16.9. The highest BCUT2D eigenvalue weighted by molar-refractivity contribution is 5.94. The standard InChI is InChI=1S/C22H26N2O4/c25-21-9-2-1-8-20(21)23-10-12-24(13-11-23)22(26)17-5-3-6-18(15-17)28-16-19-7-4-14-27-19/h1-3,5-6,8-9,15,19,25H,4,7,10-14,16H2/t19-/m0/s1. The molecule has 1 amide bonds. The first-order valence-electron chi connectivity index (χ1n) is 9.87. The Hall–Kier alpha value is -2.73. The average Bonchev–Trinajstić information content (AvgIpc) is 3.26. The van der Waals surface area contributed by atoms with Crippen LogP contribution in [0.4, 0.5) is 5.69 Å². The second-order valence-corrected chi connectivity index (χ2v) is 7.24. The Balaban J connectivity index is 1.34. The van der Waals surface area contributed by atoms with Crippen LogP contribution in [0.2, 0.25) is 0 Å². The number of rotatable bonds is 5. The lowest BCUT2D eigenvalue weighted by atomic mass is 10.1. The molecule has 6 heteroatoms. The van der Waals surface area contributed by atoms with E-state index in [0.29, 0.717) is 44.1 Å². The molecule has 0 bridgehead atoms. The predicted molar refractivity (Wildman–Crippen MR) is 107 cm³/mol. The average molecular weight is 382 g/mol. The fourth-order valence-corrected chi connectivity index (χ4v) is 3.75. The molecule has 2 heterocycles. The predicted octanol–water partition coefficient (Wildman–Crippen LogP) is 2.91. The minimum absolute atomic E-state index is 0.0134. The molecule has 2 fully saturated rings. The topological polar surface area (TPSA) is 62.2 Å². The van der Waals surface area contributed by atoms with Crippen molar-refractivity contribution in [1.82, 2.24) is 4.90 Å². The van der Waals surface area contributed by atoms with Crippen LogP contribution in [0.5, 0.6) is 11.5 Å². The van der Waals surface area contributed by atoms with Crippen molar-refractivity contribution in [1.29, 1.82) is 0 Å². The van der Waals surface area contributed by atoms with E-state index in [4.69, 9.17) is 9.47 Å². The molecular formula is C22H26N2O4. The number of amides is 1. The van der Waals surface area contributed by atoms with Crippen LogP contribution in [0.25, 0.3) is 0 Å². The molecule has 2 aromatic carbocycles. The Kier molecular flexibility index (Phi) is 5.67. The number of aromatic hydroxyl groups is 1. The summed E-state index contributed by atoms with van der Waals surface area (Å²) in [6.45, 7) is 3.95. The Morgan fingerprint density at radius 3 is 2.68 bits per heavy atom. The molecule has 0 radical (unpaired) electrons. The van der Waals surface area contributed by atoms with Gasteiger partial charge in [-0.15, -0.1) is 0 Å². The number of anilines is 1. The van der Waals surface area contributed by atoms with Gasteiger partial charge in [-0.05, 0) is 43.2 Å². The number of carbonyl (C=O) groups is 1. The van der Waals surface area contributed by atoms with Gasteiger partial charge in [-0.1, -0.05) is 18.2 Å². The number of hydrogen-bond acceptors (Lipinski definition) is 5. The molecule has 6 nitrogen and oxygen atoms in total. The van der Waals surface area contributed by atoms with Crippen molar-refractivity contribution in [2.45, 2.75) is 18.9 Å². The summed E-state index contributed by atoms with van der Waals surface area (Å²) in [5.41, 5.74) is 1.46. The molecule has 0 spiro atoms. The molecule has 2 saturated heterocycles. The largest absolute Gasteiger partial charge is 0.506 e. The lowest BCUT2D eigenvalue weighted by molar-refractivity contribution is 0.0677. The van der Waals surface area contributed by atoms with Crippen LogP contribution >= 0.6 is 0 Å². The van der Waals surface area contributed by atoms with Crippen molar-refractivity contribution in [3.8, 4) is 11.5 Å². The molecule has 28 heavy (non-hydrogen) atoms. The van der Waals surface area contributed by atoms with Crippen LogP contribution in [-0.4, -0.2) is 61.4 Å². The van der Waals surface area contributed by atoms with Crippen molar-refractivity contribution in [3.05, 3.63) is 54.1 Å². The van der Waals surface area contributed by atoms with E-state index in [1.165, 1.54) is 0 Å². The van der Waals surface area contributed by atoms with Crippen molar-refractivity contribution in [2.24, 2.45) is 0 Å². The molecule has 1 N–H and O–H groups in total. The van der Waals surface area contributed by atoms with Crippen LogP contribution < -0.4 is 9.64 Å². The fraction of sp³-hybridized carbons (Fsp3) is 0.409. The van der Waals surface area contributed by atoms with E-state index < -0.39 is 0 Å². The van der Waals surface area contributed by atoms with Gasteiger partial charge in [-0.25, -0.2) is 0 Å².